The summed E-state index contributed by atoms with van der Waals surface area (Å²) in [5.41, 5.74) is 1.26. The Labute approximate surface area is 98.0 Å². The van der Waals surface area contributed by atoms with Crippen LogP contribution >= 0.6 is 0 Å². The number of carbonyl (C=O) groups is 1. The number of rotatable bonds is 4. The molecule has 1 aromatic rings. The van der Waals surface area contributed by atoms with E-state index in [4.69, 9.17) is 0 Å². The first-order valence-electron chi connectivity index (χ1n) is 4.95. The zero-order chi connectivity index (χ0) is 13.0. The average Bonchev–Trinajstić information content (AvgIpc) is 2.30. The molecule has 0 radical (unpaired) electrons. The number of nitro benzene ring substituents is 1. The van der Waals surface area contributed by atoms with Crippen LogP contribution in [0, 0.1) is 17.0 Å². The molecule has 6 heteroatoms. The van der Waals surface area contributed by atoms with Crippen LogP contribution in [0.15, 0.2) is 18.2 Å². The number of hydrogen-bond acceptors (Lipinski definition) is 5. The van der Waals surface area contributed by atoms with Crippen LogP contribution in [0.4, 0.5) is 5.69 Å². The van der Waals surface area contributed by atoms with E-state index >= 15 is 0 Å². The normalized spacial score (nSPS) is 11.9. The third-order valence-electron chi connectivity index (χ3n) is 2.43. The van der Waals surface area contributed by atoms with Gasteiger partial charge in [0.25, 0.3) is 5.69 Å². The maximum atomic E-state index is 11.0. The van der Waals surface area contributed by atoms with Crippen molar-refractivity contribution in [2.75, 3.05) is 7.11 Å². The molecule has 0 aliphatic rings. The van der Waals surface area contributed by atoms with Gasteiger partial charge in [0.1, 0.15) is 0 Å². The third-order valence-corrected chi connectivity index (χ3v) is 2.43. The predicted octanol–water partition coefficient (Wildman–Crippen LogP) is 0.980. The van der Waals surface area contributed by atoms with E-state index in [2.05, 4.69) is 4.74 Å². The average molecular weight is 239 g/mol. The molecule has 0 aromatic heterocycles. The van der Waals surface area contributed by atoms with Crippen LogP contribution in [0.3, 0.4) is 0 Å². The number of nitro groups is 1. The fourth-order valence-electron chi connectivity index (χ4n) is 1.42. The minimum absolute atomic E-state index is 0.000185. The molecule has 0 fully saturated rings. The fraction of sp³-hybridized carbons (Fsp3) is 0.364. The summed E-state index contributed by atoms with van der Waals surface area (Å²) in [5, 5.41) is 20.1. The second-order valence-electron chi connectivity index (χ2n) is 3.61. The van der Waals surface area contributed by atoms with Crippen molar-refractivity contribution in [2.24, 2.45) is 0 Å². The molecule has 1 aromatic carbocycles. The van der Waals surface area contributed by atoms with E-state index < -0.39 is 17.0 Å². The molecule has 0 spiro atoms. The Kier molecular flexibility index (Phi) is 4.17. The Bertz CT molecular complexity index is 443. The lowest BCUT2D eigenvalue weighted by Crippen LogP contribution is -2.24. The Morgan fingerprint density at radius 2 is 2.24 bits per heavy atom. The minimum Gasteiger partial charge on any atom is -0.467 e. The lowest BCUT2D eigenvalue weighted by Gasteiger charge is -2.10. The number of ether oxygens (including phenoxy) is 1. The molecular formula is C11H13NO5. The van der Waals surface area contributed by atoms with Crippen molar-refractivity contribution in [1.82, 2.24) is 0 Å². The second-order valence-corrected chi connectivity index (χ2v) is 3.61. The Morgan fingerprint density at radius 1 is 1.59 bits per heavy atom. The highest BCUT2D eigenvalue weighted by Gasteiger charge is 2.18. The minimum atomic E-state index is -1.30. The van der Waals surface area contributed by atoms with Crippen LogP contribution in [-0.4, -0.2) is 29.2 Å². The SMILES string of the molecule is COC(=O)C(O)Cc1cc([N+](=O)[O-])ccc1C. The smallest absolute Gasteiger partial charge is 0.335 e. The highest BCUT2D eigenvalue weighted by Crippen LogP contribution is 2.18. The van der Waals surface area contributed by atoms with Gasteiger partial charge in [-0.05, 0) is 18.1 Å². The molecule has 1 rings (SSSR count). The van der Waals surface area contributed by atoms with Gasteiger partial charge in [0.05, 0.1) is 12.0 Å². The summed E-state index contributed by atoms with van der Waals surface area (Å²) in [6.07, 6.45) is -1.30. The number of carbonyl (C=O) groups excluding carboxylic acids is 1. The van der Waals surface area contributed by atoms with Crippen molar-refractivity contribution in [2.45, 2.75) is 19.4 Å². The van der Waals surface area contributed by atoms with Crippen LogP contribution in [0.2, 0.25) is 0 Å². The first-order valence-corrected chi connectivity index (χ1v) is 4.95. The standard InChI is InChI=1S/C11H13NO5/c1-7-3-4-9(12(15)16)5-8(7)6-10(13)11(14)17-2/h3-5,10,13H,6H2,1-2H3. The molecule has 6 nitrogen and oxygen atoms in total. The molecule has 17 heavy (non-hydrogen) atoms. The highest BCUT2D eigenvalue weighted by atomic mass is 16.6. The van der Waals surface area contributed by atoms with Crippen LogP contribution in [0.5, 0.6) is 0 Å². The Balaban J connectivity index is 2.93. The van der Waals surface area contributed by atoms with Gasteiger partial charge in [-0.1, -0.05) is 6.07 Å². The van der Waals surface area contributed by atoms with Crippen molar-refractivity contribution < 1.29 is 19.6 Å². The lowest BCUT2D eigenvalue weighted by atomic mass is 10.0. The van der Waals surface area contributed by atoms with Gasteiger partial charge in [0, 0.05) is 18.6 Å². The molecule has 0 aliphatic heterocycles. The second kappa shape index (κ2) is 5.40. The summed E-state index contributed by atoms with van der Waals surface area (Å²) in [6.45, 7) is 1.75. The van der Waals surface area contributed by atoms with Gasteiger partial charge in [-0.2, -0.15) is 0 Å². The van der Waals surface area contributed by atoms with Crippen molar-refractivity contribution in [1.29, 1.82) is 0 Å². The maximum Gasteiger partial charge on any atom is 0.335 e. The van der Waals surface area contributed by atoms with Crippen LogP contribution in [0.25, 0.3) is 0 Å². The number of benzene rings is 1. The summed E-state index contributed by atoms with van der Waals surface area (Å²) in [6, 6.07) is 4.31. The summed E-state index contributed by atoms with van der Waals surface area (Å²) in [4.78, 5) is 21.1. The van der Waals surface area contributed by atoms with Crippen LogP contribution < -0.4 is 0 Å². The zero-order valence-electron chi connectivity index (χ0n) is 9.54. The number of nitrogens with zero attached hydrogens (tertiary/aromatic N) is 1. The first kappa shape index (κ1) is 13.1. The number of methoxy groups -OCH3 is 1. The van der Waals surface area contributed by atoms with Gasteiger partial charge >= 0.3 is 5.97 Å². The van der Waals surface area contributed by atoms with Gasteiger partial charge < -0.3 is 9.84 Å². The van der Waals surface area contributed by atoms with E-state index in [1.54, 1.807) is 13.0 Å². The van der Waals surface area contributed by atoms with Gasteiger partial charge in [-0.25, -0.2) is 4.79 Å². The number of aryl methyl sites for hydroxylation is 1. The predicted molar refractivity (Wildman–Crippen MR) is 59.6 cm³/mol. The molecule has 0 heterocycles. The maximum absolute atomic E-state index is 11.0. The zero-order valence-corrected chi connectivity index (χ0v) is 9.54. The van der Waals surface area contributed by atoms with Crippen molar-refractivity contribution in [3.8, 4) is 0 Å². The van der Waals surface area contributed by atoms with Gasteiger partial charge in [-0.3, -0.25) is 10.1 Å². The quantitative estimate of drug-likeness (QED) is 0.480. The molecule has 1 atom stereocenters. The molecule has 0 aliphatic carbocycles. The Morgan fingerprint density at radius 3 is 2.76 bits per heavy atom. The van der Waals surface area contributed by atoms with Gasteiger partial charge in [0.2, 0.25) is 0 Å². The summed E-state index contributed by atoms with van der Waals surface area (Å²) in [7, 11) is 1.17. The molecule has 1 N–H and O–H groups in total. The van der Waals surface area contributed by atoms with Crippen molar-refractivity contribution in [3.63, 3.8) is 0 Å². The number of non-ortho nitro benzene ring substituents is 1. The van der Waals surface area contributed by atoms with Crippen LogP contribution in [0.1, 0.15) is 11.1 Å². The van der Waals surface area contributed by atoms with Crippen molar-refractivity contribution >= 4 is 11.7 Å². The summed E-state index contributed by atoms with van der Waals surface area (Å²) >= 11 is 0. The number of esters is 1. The fourth-order valence-corrected chi connectivity index (χ4v) is 1.42. The largest absolute Gasteiger partial charge is 0.467 e. The molecule has 0 saturated heterocycles. The molecule has 1 unspecified atom stereocenters. The highest BCUT2D eigenvalue weighted by molar-refractivity contribution is 5.74. The molecular weight excluding hydrogens is 226 g/mol. The van der Waals surface area contributed by atoms with E-state index in [0.29, 0.717) is 5.56 Å². The topological polar surface area (TPSA) is 89.7 Å². The third kappa shape index (κ3) is 3.25. The molecule has 0 bridgehead atoms. The van der Waals surface area contributed by atoms with E-state index in [0.717, 1.165) is 5.56 Å². The number of aliphatic hydroxyl groups is 1. The van der Waals surface area contributed by atoms with Gasteiger partial charge in [0.15, 0.2) is 6.10 Å². The summed E-state index contributed by atoms with van der Waals surface area (Å²) < 4.78 is 4.38. The number of aliphatic hydroxyl groups excluding tert-OH is 1. The van der Waals surface area contributed by atoms with Crippen molar-refractivity contribution in [3.05, 3.63) is 39.4 Å². The molecule has 0 amide bonds. The van der Waals surface area contributed by atoms with E-state index in [1.165, 1.54) is 19.2 Å². The van der Waals surface area contributed by atoms with E-state index in [1.807, 2.05) is 0 Å². The van der Waals surface area contributed by atoms with Crippen LogP contribution in [-0.2, 0) is 16.0 Å². The first-order chi connectivity index (χ1) is 7.95. The van der Waals surface area contributed by atoms with Gasteiger partial charge in [-0.15, -0.1) is 0 Å². The lowest BCUT2D eigenvalue weighted by molar-refractivity contribution is -0.384. The van der Waals surface area contributed by atoms with E-state index in [9.17, 15) is 20.0 Å². The monoisotopic (exact) mass is 239 g/mol. The number of hydrogen-bond donors (Lipinski definition) is 1. The Hall–Kier alpha value is -1.95. The molecule has 0 saturated carbocycles. The summed E-state index contributed by atoms with van der Waals surface area (Å²) in [5.74, 6) is -0.754. The van der Waals surface area contributed by atoms with E-state index in [-0.39, 0.29) is 12.1 Å². The molecule has 92 valence electrons.